The molecule has 182 valence electrons. The van der Waals surface area contributed by atoms with E-state index in [1.165, 1.54) is 20.3 Å². The Balaban J connectivity index is 2.32. The average Bonchev–Trinajstić information content (AvgIpc) is 2.77. The van der Waals surface area contributed by atoms with Gasteiger partial charge >= 0.3 is 17.6 Å². The number of aromatic hydroxyl groups is 1. The lowest BCUT2D eigenvalue weighted by atomic mass is 9.69. The van der Waals surface area contributed by atoms with Crippen molar-refractivity contribution in [3.63, 3.8) is 0 Å². The molecule has 3 atom stereocenters. The highest BCUT2D eigenvalue weighted by molar-refractivity contribution is 6.12. The molecule has 34 heavy (non-hydrogen) atoms. The quantitative estimate of drug-likeness (QED) is 0.272. The van der Waals surface area contributed by atoms with Crippen LogP contribution in [0.5, 0.6) is 11.5 Å². The second kappa shape index (κ2) is 9.54. The van der Waals surface area contributed by atoms with Crippen LogP contribution < -0.4 is 10.1 Å². The van der Waals surface area contributed by atoms with E-state index in [2.05, 4.69) is 5.32 Å². The number of ketones is 1. The largest absolute Gasteiger partial charge is 0.500 e. The number of allylic oxidation sites excluding steroid dienone is 3. The van der Waals surface area contributed by atoms with Crippen LogP contribution in [0, 0.1) is 22.0 Å². The minimum atomic E-state index is -1.11. The molecule has 0 fully saturated rings. The van der Waals surface area contributed by atoms with Crippen molar-refractivity contribution in [3.05, 3.63) is 50.4 Å². The third-order valence-electron chi connectivity index (χ3n) is 6.07. The fraction of sp³-hybridized carbons (Fsp3) is 0.435. The number of carbonyl (C=O) groups excluding carboxylic acids is 3. The summed E-state index contributed by atoms with van der Waals surface area (Å²) in [5, 5.41) is 24.9. The molecule has 1 aliphatic heterocycles. The number of carbonyl (C=O) groups is 3. The molecular weight excluding hydrogens is 448 g/mol. The maximum absolute atomic E-state index is 13.6. The maximum Gasteiger partial charge on any atom is 0.336 e. The third kappa shape index (κ3) is 4.09. The van der Waals surface area contributed by atoms with Crippen LogP contribution in [0.15, 0.2) is 34.7 Å². The van der Waals surface area contributed by atoms with Gasteiger partial charge in [-0.3, -0.25) is 19.7 Å². The summed E-state index contributed by atoms with van der Waals surface area (Å²) in [6, 6.07) is 2.41. The van der Waals surface area contributed by atoms with E-state index in [1.807, 2.05) is 0 Å². The zero-order valence-corrected chi connectivity index (χ0v) is 19.5. The summed E-state index contributed by atoms with van der Waals surface area (Å²) < 4.78 is 15.2. The minimum Gasteiger partial charge on any atom is -0.500 e. The van der Waals surface area contributed by atoms with Gasteiger partial charge in [-0.15, -0.1) is 0 Å². The van der Waals surface area contributed by atoms with E-state index in [4.69, 9.17) is 14.2 Å². The number of phenols is 1. The van der Waals surface area contributed by atoms with Gasteiger partial charge < -0.3 is 24.6 Å². The number of hydrogen-bond acceptors (Lipinski definition) is 10. The van der Waals surface area contributed by atoms with Gasteiger partial charge in [0.1, 0.15) is 5.92 Å². The summed E-state index contributed by atoms with van der Waals surface area (Å²) in [7, 11) is 2.41. The Labute approximate surface area is 195 Å². The SMILES string of the molecule is CCOC(=O)C1=C(C)NC2=C(C(=O)[C@@H](C(=O)OC)[C@@H](C)C2)[C@@H]1c1cc(OC)c(O)c([N+](=O)[O-])c1. The summed E-state index contributed by atoms with van der Waals surface area (Å²) in [6.45, 7) is 5.06. The van der Waals surface area contributed by atoms with Gasteiger partial charge in [-0.2, -0.15) is 0 Å². The number of benzene rings is 1. The van der Waals surface area contributed by atoms with E-state index in [9.17, 15) is 29.6 Å². The van der Waals surface area contributed by atoms with Crippen molar-refractivity contribution in [3.8, 4) is 11.5 Å². The average molecular weight is 474 g/mol. The Morgan fingerprint density at radius 3 is 2.53 bits per heavy atom. The van der Waals surface area contributed by atoms with E-state index in [1.54, 1.807) is 20.8 Å². The van der Waals surface area contributed by atoms with E-state index in [-0.39, 0.29) is 35.0 Å². The first kappa shape index (κ1) is 24.7. The van der Waals surface area contributed by atoms with Gasteiger partial charge in [-0.05, 0) is 37.8 Å². The molecule has 1 aromatic rings. The first-order valence-electron chi connectivity index (χ1n) is 10.6. The predicted molar refractivity (Wildman–Crippen MR) is 118 cm³/mol. The number of nitrogens with zero attached hydrogens (tertiary/aromatic N) is 1. The van der Waals surface area contributed by atoms with Crippen LogP contribution in [0.25, 0.3) is 0 Å². The zero-order valence-electron chi connectivity index (χ0n) is 19.5. The predicted octanol–water partition coefficient (Wildman–Crippen LogP) is 2.49. The topological polar surface area (TPSA) is 154 Å². The van der Waals surface area contributed by atoms with Crippen LogP contribution in [0.3, 0.4) is 0 Å². The van der Waals surface area contributed by atoms with Gasteiger partial charge in [0.25, 0.3) is 0 Å². The highest BCUT2D eigenvalue weighted by Crippen LogP contribution is 2.48. The zero-order chi connectivity index (χ0) is 25.3. The number of phenolic OH excluding ortho intramolecular Hbond substituents is 1. The number of methoxy groups -OCH3 is 2. The summed E-state index contributed by atoms with van der Waals surface area (Å²) >= 11 is 0. The first-order valence-corrected chi connectivity index (χ1v) is 10.6. The van der Waals surface area contributed by atoms with Gasteiger partial charge in [0, 0.05) is 29.0 Å². The molecule has 1 aliphatic carbocycles. The van der Waals surface area contributed by atoms with E-state index in [0.717, 1.165) is 6.07 Å². The second-order valence-corrected chi connectivity index (χ2v) is 8.10. The number of nitro benzene ring substituents is 1. The van der Waals surface area contributed by atoms with Gasteiger partial charge in [-0.25, -0.2) is 4.79 Å². The number of esters is 2. The summed E-state index contributed by atoms with van der Waals surface area (Å²) in [6.07, 6.45) is 0.308. The van der Waals surface area contributed by atoms with Crippen molar-refractivity contribution in [2.75, 3.05) is 20.8 Å². The smallest absolute Gasteiger partial charge is 0.336 e. The minimum absolute atomic E-state index is 0.0586. The number of dihydropyridines is 1. The van der Waals surface area contributed by atoms with Crippen LogP contribution >= 0.6 is 0 Å². The lowest BCUT2D eigenvalue weighted by Gasteiger charge is -2.38. The standard InChI is InChI=1S/C23H26N2O9/c1-6-34-23(29)17-11(3)24-13-7-10(2)16(22(28)33-5)21(27)19(13)18(17)12-8-14(25(30)31)20(26)15(9-12)32-4/h8-10,16,18,24,26H,6-7H2,1-5H3/t10-,16-,18+/m0/s1. The molecule has 11 heteroatoms. The van der Waals surface area contributed by atoms with Crippen molar-refractivity contribution < 1.29 is 38.6 Å². The molecule has 0 unspecified atom stereocenters. The fourth-order valence-electron chi connectivity index (χ4n) is 4.57. The van der Waals surface area contributed by atoms with Crippen LogP contribution in [0.1, 0.15) is 38.7 Å². The Morgan fingerprint density at radius 2 is 1.97 bits per heavy atom. The molecule has 0 aromatic heterocycles. The highest BCUT2D eigenvalue weighted by atomic mass is 16.6. The van der Waals surface area contributed by atoms with Gasteiger partial charge in [0.2, 0.25) is 5.75 Å². The van der Waals surface area contributed by atoms with Crippen molar-refractivity contribution in [1.82, 2.24) is 5.32 Å². The molecule has 0 amide bonds. The van der Waals surface area contributed by atoms with Crippen molar-refractivity contribution in [2.24, 2.45) is 11.8 Å². The van der Waals surface area contributed by atoms with Crippen LogP contribution in [0.4, 0.5) is 5.69 Å². The molecule has 2 aliphatic rings. The monoisotopic (exact) mass is 474 g/mol. The Bertz CT molecular complexity index is 1140. The van der Waals surface area contributed by atoms with Crippen molar-refractivity contribution in [1.29, 1.82) is 0 Å². The number of rotatable bonds is 6. The maximum atomic E-state index is 13.6. The highest BCUT2D eigenvalue weighted by Gasteiger charge is 2.47. The molecule has 0 saturated carbocycles. The molecule has 3 rings (SSSR count). The number of nitro groups is 1. The van der Waals surface area contributed by atoms with E-state index < -0.39 is 45.9 Å². The fourth-order valence-corrected chi connectivity index (χ4v) is 4.57. The Kier molecular flexibility index (Phi) is 6.94. The summed E-state index contributed by atoms with van der Waals surface area (Å²) in [4.78, 5) is 49.9. The first-order chi connectivity index (χ1) is 16.1. The van der Waals surface area contributed by atoms with Crippen molar-refractivity contribution in [2.45, 2.75) is 33.1 Å². The second-order valence-electron chi connectivity index (χ2n) is 8.10. The summed E-state index contributed by atoms with van der Waals surface area (Å²) in [5.41, 5.74) is 0.593. The van der Waals surface area contributed by atoms with E-state index in [0.29, 0.717) is 17.8 Å². The lowest BCUT2D eigenvalue weighted by Crippen LogP contribution is -2.43. The van der Waals surface area contributed by atoms with Crippen LogP contribution in [0.2, 0.25) is 0 Å². The third-order valence-corrected chi connectivity index (χ3v) is 6.07. The normalized spacial score (nSPS) is 22.0. The summed E-state index contributed by atoms with van der Waals surface area (Å²) in [5.74, 6) is -5.46. The molecular formula is C23H26N2O9. The van der Waals surface area contributed by atoms with E-state index >= 15 is 0 Å². The lowest BCUT2D eigenvalue weighted by molar-refractivity contribution is -0.386. The van der Waals surface area contributed by atoms with Crippen LogP contribution in [-0.2, 0) is 23.9 Å². The van der Waals surface area contributed by atoms with Gasteiger partial charge in [0.05, 0.1) is 31.3 Å². The molecule has 0 spiro atoms. The Morgan fingerprint density at radius 1 is 1.29 bits per heavy atom. The molecule has 1 aromatic carbocycles. The number of nitrogens with one attached hydrogen (secondary N) is 1. The van der Waals surface area contributed by atoms with Crippen LogP contribution in [-0.4, -0.2) is 48.6 Å². The van der Waals surface area contributed by atoms with Crippen molar-refractivity contribution >= 4 is 23.4 Å². The molecule has 2 N–H and O–H groups in total. The molecule has 11 nitrogen and oxygen atoms in total. The molecule has 0 bridgehead atoms. The number of ether oxygens (including phenoxy) is 3. The number of Topliss-reactive ketones (excluding diaryl/α,β-unsaturated/α-hetero) is 1. The van der Waals surface area contributed by atoms with Gasteiger partial charge in [-0.1, -0.05) is 6.92 Å². The molecule has 0 saturated heterocycles. The molecule has 0 radical (unpaired) electrons. The van der Waals surface area contributed by atoms with Gasteiger partial charge in [0.15, 0.2) is 11.5 Å². The number of hydrogen-bond donors (Lipinski definition) is 2. The Hall–Kier alpha value is -3.89. The molecule has 1 heterocycles.